The number of carbonyl (C=O) groups is 2. The number of alkyl halides is 1. The van der Waals surface area contributed by atoms with Gasteiger partial charge in [0.2, 0.25) is 0 Å². The molecule has 7 heteroatoms. The van der Waals surface area contributed by atoms with Crippen LogP contribution in [-0.2, 0) is 14.3 Å². The van der Waals surface area contributed by atoms with Crippen molar-refractivity contribution in [2.45, 2.75) is 18.5 Å². The maximum absolute atomic E-state index is 14.7. The highest BCUT2D eigenvalue weighted by atomic mass is 19.1. The second-order valence-electron chi connectivity index (χ2n) is 5.70. The average Bonchev–Trinajstić information content (AvgIpc) is 2.61. The summed E-state index contributed by atoms with van der Waals surface area (Å²) in [5.41, 5.74) is -1.93. The predicted octanol–water partition coefficient (Wildman–Crippen LogP) is 1.16. The molecular formula is C17H23FN2O4. The Balaban J connectivity index is 1.76. The predicted molar refractivity (Wildman–Crippen MR) is 86.5 cm³/mol. The first kappa shape index (κ1) is 18.2. The molecule has 1 aliphatic heterocycles. The van der Waals surface area contributed by atoms with E-state index in [1.807, 2.05) is 18.2 Å². The zero-order valence-electron chi connectivity index (χ0n) is 13.8. The molecule has 1 aromatic rings. The normalized spacial score (nSPS) is 16.5. The van der Waals surface area contributed by atoms with Gasteiger partial charge < -0.3 is 19.7 Å². The fourth-order valence-electron chi connectivity index (χ4n) is 2.52. The van der Waals surface area contributed by atoms with Crippen LogP contribution in [0.2, 0.25) is 0 Å². The third-order valence-electron chi connectivity index (χ3n) is 4.01. The van der Waals surface area contributed by atoms with Crippen molar-refractivity contribution in [3.05, 3.63) is 30.3 Å². The molecule has 132 valence electrons. The highest BCUT2D eigenvalue weighted by Gasteiger charge is 2.42. The molecule has 2 rings (SSSR count). The molecule has 1 N–H and O–H groups in total. The molecule has 1 saturated heterocycles. The van der Waals surface area contributed by atoms with Crippen LogP contribution in [0.25, 0.3) is 0 Å². The molecule has 0 aromatic heterocycles. The van der Waals surface area contributed by atoms with Crippen LogP contribution in [0.5, 0.6) is 5.75 Å². The molecule has 0 bridgehead atoms. The number of nitrogens with one attached hydrogen (secondary N) is 1. The van der Waals surface area contributed by atoms with Gasteiger partial charge in [-0.3, -0.25) is 9.59 Å². The summed E-state index contributed by atoms with van der Waals surface area (Å²) in [4.78, 5) is 25.6. The first-order chi connectivity index (χ1) is 11.5. The number of nitrogens with zero attached hydrogens (tertiary/aromatic N) is 1. The van der Waals surface area contributed by atoms with E-state index in [0.29, 0.717) is 12.4 Å². The molecule has 0 atom stereocenters. The number of carbonyl (C=O) groups excluding carboxylic acids is 2. The molecule has 0 aliphatic carbocycles. The number of methoxy groups -OCH3 is 1. The number of amides is 2. The van der Waals surface area contributed by atoms with Crippen LogP contribution in [0, 0.1) is 0 Å². The highest BCUT2D eigenvalue weighted by Crippen LogP contribution is 2.27. The molecule has 1 aromatic carbocycles. The first-order valence-corrected chi connectivity index (χ1v) is 7.97. The van der Waals surface area contributed by atoms with E-state index in [2.05, 4.69) is 5.32 Å². The van der Waals surface area contributed by atoms with E-state index in [1.54, 1.807) is 12.1 Å². The monoisotopic (exact) mass is 338 g/mol. The lowest BCUT2D eigenvalue weighted by molar-refractivity contribution is -0.143. The molecule has 1 heterocycles. The molecule has 0 unspecified atom stereocenters. The molecule has 0 radical (unpaired) electrons. The second kappa shape index (κ2) is 8.63. The van der Waals surface area contributed by atoms with Gasteiger partial charge in [0.15, 0.2) is 12.3 Å². The number of benzene rings is 1. The summed E-state index contributed by atoms with van der Waals surface area (Å²) in [6.45, 7) is 0.914. The minimum absolute atomic E-state index is 0.0110. The van der Waals surface area contributed by atoms with Gasteiger partial charge in [-0.05, 0) is 12.1 Å². The van der Waals surface area contributed by atoms with Crippen LogP contribution in [0.4, 0.5) is 4.39 Å². The van der Waals surface area contributed by atoms with Crippen LogP contribution >= 0.6 is 0 Å². The lowest BCUT2D eigenvalue weighted by Crippen LogP contribution is -2.53. The summed E-state index contributed by atoms with van der Waals surface area (Å²) in [6.07, 6.45) is -0.0220. The molecule has 1 fully saturated rings. The fraction of sp³-hybridized carbons (Fsp3) is 0.529. The van der Waals surface area contributed by atoms with Crippen molar-refractivity contribution in [3.63, 3.8) is 0 Å². The van der Waals surface area contributed by atoms with Gasteiger partial charge in [0.05, 0.1) is 6.61 Å². The molecule has 24 heavy (non-hydrogen) atoms. The van der Waals surface area contributed by atoms with E-state index in [1.165, 1.54) is 12.0 Å². The Kier molecular flexibility index (Phi) is 6.54. The van der Waals surface area contributed by atoms with Gasteiger partial charge in [-0.15, -0.1) is 0 Å². The van der Waals surface area contributed by atoms with E-state index < -0.39 is 11.6 Å². The average molecular weight is 338 g/mol. The quantitative estimate of drug-likeness (QED) is 0.758. The van der Waals surface area contributed by atoms with Crippen molar-refractivity contribution in [1.82, 2.24) is 10.2 Å². The first-order valence-electron chi connectivity index (χ1n) is 7.97. The highest BCUT2D eigenvalue weighted by molar-refractivity contribution is 5.85. The molecule has 0 spiro atoms. The Hall–Kier alpha value is -2.15. The standard InChI is InChI=1S/C17H23FN2O4/c1-23-12-9-19-16(22)17(18)7-10-20(11-8-17)15(21)13-24-14-5-3-2-4-6-14/h2-6H,7-13H2,1H3,(H,19,22). The van der Waals surface area contributed by atoms with E-state index in [-0.39, 0.29) is 45.0 Å². The van der Waals surface area contributed by atoms with Gasteiger partial charge >= 0.3 is 0 Å². The molecular weight excluding hydrogens is 315 g/mol. The molecule has 2 amide bonds. The Bertz CT molecular complexity index is 545. The number of rotatable bonds is 7. The summed E-state index contributed by atoms with van der Waals surface area (Å²) in [7, 11) is 1.51. The Labute approximate surface area is 140 Å². The van der Waals surface area contributed by atoms with Gasteiger partial charge in [0, 0.05) is 39.6 Å². The number of ether oxygens (including phenoxy) is 2. The number of piperidine rings is 1. The number of para-hydroxylation sites is 1. The van der Waals surface area contributed by atoms with Crippen molar-refractivity contribution in [3.8, 4) is 5.75 Å². The van der Waals surface area contributed by atoms with Gasteiger partial charge in [-0.25, -0.2) is 4.39 Å². The van der Waals surface area contributed by atoms with Crippen LogP contribution in [0.1, 0.15) is 12.8 Å². The van der Waals surface area contributed by atoms with Crippen molar-refractivity contribution >= 4 is 11.8 Å². The minimum atomic E-state index is -1.93. The molecule has 0 saturated carbocycles. The Morgan fingerprint density at radius 1 is 1.25 bits per heavy atom. The topological polar surface area (TPSA) is 67.9 Å². The van der Waals surface area contributed by atoms with Crippen LogP contribution in [-0.4, -0.2) is 62.3 Å². The van der Waals surface area contributed by atoms with Gasteiger partial charge in [0.1, 0.15) is 5.75 Å². The van der Waals surface area contributed by atoms with Crippen molar-refractivity contribution < 1.29 is 23.5 Å². The third kappa shape index (κ3) is 4.92. The minimum Gasteiger partial charge on any atom is -0.484 e. The lowest BCUT2D eigenvalue weighted by Gasteiger charge is -2.35. The van der Waals surface area contributed by atoms with Crippen LogP contribution in [0.15, 0.2) is 30.3 Å². The largest absolute Gasteiger partial charge is 0.484 e. The van der Waals surface area contributed by atoms with Gasteiger partial charge in [-0.2, -0.15) is 0 Å². The number of halogens is 1. The summed E-state index contributed by atoms with van der Waals surface area (Å²) in [6, 6.07) is 9.03. The Morgan fingerprint density at radius 3 is 2.54 bits per heavy atom. The van der Waals surface area contributed by atoms with Crippen molar-refractivity contribution in [2.24, 2.45) is 0 Å². The van der Waals surface area contributed by atoms with E-state index >= 15 is 0 Å². The maximum Gasteiger partial charge on any atom is 0.260 e. The summed E-state index contributed by atoms with van der Waals surface area (Å²) in [5.74, 6) is -0.229. The summed E-state index contributed by atoms with van der Waals surface area (Å²) >= 11 is 0. The van der Waals surface area contributed by atoms with E-state index in [0.717, 1.165) is 0 Å². The summed E-state index contributed by atoms with van der Waals surface area (Å²) < 4.78 is 24.9. The zero-order chi connectivity index (χ0) is 17.4. The van der Waals surface area contributed by atoms with Crippen LogP contribution in [0.3, 0.4) is 0 Å². The van der Waals surface area contributed by atoms with Crippen LogP contribution < -0.4 is 10.1 Å². The number of hydrogen-bond acceptors (Lipinski definition) is 4. The number of likely N-dealkylation sites (tertiary alicyclic amines) is 1. The van der Waals surface area contributed by atoms with E-state index in [9.17, 15) is 14.0 Å². The second-order valence-corrected chi connectivity index (χ2v) is 5.70. The van der Waals surface area contributed by atoms with E-state index in [4.69, 9.17) is 9.47 Å². The van der Waals surface area contributed by atoms with Gasteiger partial charge in [0.25, 0.3) is 11.8 Å². The van der Waals surface area contributed by atoms with Crippen molar-refractivity contribution in [2.75, 3.05) is 40.0 Å². The smallest absolute Gasteiger partial charge is 0.260 e. The SMILES string of the molecule is COCCNC(=O)C1(F)CCN(C(=O)COc2ccccc2)CC1. The third-order valence-corrected chi connectivity index (χ3v) is 4.01. The van der Waals surface area contributed by atoms with Crippen molar-refractivity contribution in [1.29, 1.82) is 0 Å². The Morgan fingerprint density at radius 2 is 1.92 bits per heavy atom. The maximum atomic E-state index is 14.7. The molecule has 1 aliphatic rings. The lowest BCUT2D eigenvalue weighted by atomic mass is 9.92. The molecule has 6 nitrogen and oxygen atoms in total. The fourth-order valence-corrected chi connectivity index (χ4v) is 2.52. The number of hydrogen-bond donors (Lipinski definition) is 1. The van der Waals surface area contributed by atoms with Gasteiger partial charge in [-0.1, -0.05) is 18.2 Å². The zero-order valence-corrected chi connectivity index (χ0v) is 13.8. The summed E-state index contributed by atoms with van der Waals surface area (Å²) in [5, 5.41) is 2.52.